The number of alkyl carbamates (subject to hydrolysis) is 2. The molecule has 21 nitrogen and oxygen atoms in total. The molecule has 0 radical (unpaired) electrons. The van der Waals surface area contributed by atoms with Crippen LogP contribution in [0, 0.1) is 27.0 Å². The molecule has 6 aromatic rings. The average Bonchev–Trinajstić information content (AvgIpc) is 1.67. The highest BCUT2D eigenvalue weighted by atomic mass is 28.4. The van der Waals surface area contributed by atoms with Gasteiger partial charge in [0.15, 0.2) is 28.1 Å². The molecule has 2 amide bonds. The fourth-order valence-electron chi connectivity index (χ4n) is 15.1. The van der Waals surface area contributed by atoms with Gasteiger partial charge in [0, 0.05) is 86.3 Å². The van der Waals surface area contributed by atoms with E-state index in [9.17, 15) is 14.7 Å². The van der Waals surface area contributed by atoms with Gasteiger partial charge in [-0.1, -0.05) is 180 Å². The highest BCUT2D eigenvalue weighted by molar-refractivity contribution is 6.75. The lowest BCUT2D eigenvalue weighted by molar-refractivity contribution is -0.0459. The second kappa shape index (κ2) is 42.7. The summed E-state index contributed by atoms with van der Waals surface area (Å²) in [7, 11) is -1.45. The minimum Gasteiger partial charge on any atom is -0.541 e. The summed E-state index contributed by atoms with van der Waals surface area (Å²) in [5, 5.41) is 20.3. The van der Waals surface area contributed by atoms with E-state index in [0.29, 0.717) is 77.3 Å². The van der Waals surface area contributed by atoms with Gasteiger partial charge >= 0.3 is 18.4 Å². The Labute approximate surface area is 729 Å². The number of hydrogen-bond acceptors (Lipinski definition) is 17. The Balaban J connectivity index is 0.000000258. The molecule has 10 rings (SSSR count). The van der Waals surface area contributed by atoms with E-state index in [-0.39, 0.29) is 52.7 Å². The molecule has 0 saturated carbocycles. The smallest absolute Gasteiger partial charge is 0.407 e. The van der Waals surface area contributed by atoms with E-state index in [1.165, 1.54) is 6.42 Å². The standard InChI is InChI=1S/C48H71N3O7Si2.C34H42N2O6Si.C14H31NO2Si/c1-33-43(53-9)34(30-42(44(33)54-10)58-60(13,14)48(5,6)7)29-41(50-46(52)56-32-40-38-24-17-15-22-36(38)37-23-16-18-25-39(37)40)45(49-8)51-26-28-55-35(31-51)21-19-20-27-57-59(11,12)47(2,3)4;1-21-30(39-6)22(19-29(31(21)40-7)42-43(8,9)34(2,3)4)18-28(32(37)35-5)36-33(38)41-20-27-25-16-12-10-14-23(25)24-15-11-13-17-26(24)27;1-14(2,3)18(4,5)17-10-7-6-8-13-12-15-9-11-16-13/h15-18,22-25,30,35,40-41,45H,19-21,26-29,31-32H2,1-7,9-14H3,(H,50,52);10-17,19,27-28,32,37H,18,20H2,1-4,6-9H3,(H,36,38);13,15H,6-12H2,1-5H3/t35-,41?,45?;;13-/m0.0/s1. The summed E-state index contributed by atoms with van der Waals surface area (Å²) < 4.78 is 73.4. The quantitative estimate of drug-likeness (QED) is 0.0171. The van der Waals surface area contributed by atoms with Crippen LogP contribution in [0.3, 0.4) is 0 Å². The minimum absolute atomic E-state index is 0.0340. The molecule has 2 saturated heterocycles. The predicted molar refractivity (Wildman–Crippen MR) is 497 cm³/mol. The van der Waals surface area contributed by atoms with Gasteiger partial charge < -0.3 is 76.7 Å². The fraction of sp³-hybridized carbons (Fsp3) is 0.583. The molecule has 2 heterocycles. The van der Waals surface area contributed by atoms with Crippen LogP contribution < -0.4 is 43.7 Å². The number of carbonyl (C=O) groups is 2. The number of aliphatic hydroxyl groups is 1. The number of methoxy groups -OCH3 is 4. The first kappa shape index (κ1) is 98.7. The molecule has 6 aromatic carbocycles. The van der Waals surface area contributed by atoms with Crippen molar-refractivity contribution in [2.24, 2.45) is 0 Å². The van der Waals surface area contributed by atoms with Crippen molar-refractivity contribution in [3.63, 3.8) is 0 Å². The number of nitrogens with one attached hydrogen (secondary N) is 3. The molecule has 4 unspecified atom stereocenters. The molecule has 4 aliphatic rings. The van der Waals surface area contributed by atoms with Crippen LogP contribution in [0.15, 0.2) is 109 Å². The molecule has 2 aliphatic carbocycles. The van der Waals surface area contributed by atoms with Crippen molar-refractivity contribution < 1.29 is 70.3 Å². The van der Waals surface area contributed by atoms with Crippen molar-refractivity contribution in [2.75, 3.05) is 94.3 Å². The summed E-state index contributed by atoms with van der Waals surface area (Å²) in [4.78, 5) is 36.9. The second-order valence-electron chi connectivity index (χ2n) is 38.7. The Kier molecular flexibility index (Phi) is 34.9. The van der Waals surface area contributed by atoms with E-state index in [1.807, 2.05) is 74.5 Å². The topological polar surface area (TPSA) is 213 Å². The number of amides is 2. The van der Waals surface area contributed by atoms with Crippen molar-refractivity contribution in [1.82, 2.24) is 20.9 Å². The zero-order valence-electron chi connectivity index (χ0n) is 77.7. The third-order valence-corrected chi connectivity index (χ3v) is 44.0. The summed E-state index contributed by atoms with van der Waals surface area (Å²) in [5.74, 6) is 3.37. The number of unbranched alkanes of at least 4 members (excludes halogenated alkanes) is 2. The van der Waals surface area contributed by atoms with Gasteiger partial charge in [-0.05, 0) is 182 Å². The van der Waals surface area contributed by atoms with Crippen LogP contribution in [-0.4, -0.2) is 186 Å². The number of morpholine rings is 2. The van der Waals surface area contributed by atoms with Crippen LogP contribution in [0.1, 0.15) is 178 Å². The van der Waals surface area contributed by atoms with E-state index >= 15 is 0 Å². The Bertz CT molecular complexity index is 4400. The summed E-state index contributed by atoms with van der Waals surface area (Å²) in [6, 6.07) is 35.0. The molecule has 121 heavy (non-hydrogen) atoms. The summed E-state index contributed by atoms with van der Waals surface area (Å²) in [6.07, 6.45) is 3.64. The van der Waals surface area contributed by atoms with Crippen LogP contribution in [0.4, 0.5) is 9.59 Å². The van der Waals surface area contributed by atoms with E-state index in [4.69, 9.17) is 68.7 Å². The highest BCUT2D eigenvalue weighted by Crippen LogP contribution is 2.50. The minimum atomic E-state index is -2.29. The number of aliphatic hydroxyl groups excluding tert-OH is 1. The monoisotopic (exact) mass is 1730 g/mol. The van der Waals surface area contributed by atoms with Gasteiger partial charge in [-0.2, -0.15) is 0 Å². The molecule has 2 fully saturated rings. The number of carbonyl (C=O) groups excluding carboxylic acids is 2. The number of rotatable bonds is 33. The first-order valence-electron chi connectivity index (χ1n) is 43.3. The first-order chi connectivity index (χ1) is 56.9. The first-order valence-corrected chi connectivity index (χ1v) is 55.0. The van der Waals surface area contributed by atoms with Crippen LogP contribution in [0.5, 0.6) is 34.5 Å². The number of nitrogens with zero attached hydrogens (tertiary/aromatic N) is 3. The van der Waals surface area contributed by atoms with Gasteiger partial charge in [0.05, 0.1) is 53.9 Å². The maximum Gasteiger partial charge on any atom is 0.407 e. The molecule has 6 atom stereocenters. The van der Waals surface area contributed by atoms with E-state index in [2.05, 4.69) is 215 Å². The summed E-state index contributed by atoms with van der Waals surface area (Å²) in [5.41, 5.74) is 12.1. The van der Waals surface area contributed by atoms with E-state index in [1.54, 1.807) is 28.4 Å². The largest absolute Gasteiger partial charge is 0.541 e. The third-order valence-electron chi connectivity index (χ3n) is 26.2. The fourth-order valence-corrected chi connectivity index (χ4v) is 19.2. The van der Waals surface area contributed by atoms with Gasteiger partial charge in [-0.3, -0.25) is 9.69 Å². The number of benzene rings is 6. The van der Waals surface area contributed by atoms with Gasteiger partial charge in [0.1, 0.15) is 48.3 Å². The van der Waals surface area contributed by atoms with Crippen molar-refractivity contribution in [2.45, 2.75) is 269 Å². The highest BCUT2D eigenvalue weighted by Gasteiger charge is 2.45. The SMILES string of the molecule is CC(C)(C)[Si](C)(C)OCCCC[C@H]1CNCCO1.[C-]#[N+]C(C(Cc1cc(O[Si](C)(C)C(C)(C)C)c(OC)c(C)c1OC)NC(=O)OCC1c2ccccc2-c2ccccc21)N1CCO[C@@H](CCCCO[Si](C)(C)C(C)(C)C)C1.[C-]#[N+]C(O)C(Cc1cc(O[Si](C)(C)C(C)(C)C)c(OC)c(C)c1OC)NC(=O)OCC1c2ccccc2-c2ccccc21. The molecular weight excluding hydrogens is 1590 g/mol. The lowest BCUT2D eigenvalue weighted by Crippen LogP contribution is -2.56. The lowest BCUT2D eigenvalue weighted by atomic mass is 9.98. The van der Waals surface area contributed by atoms with E-state index < -0.39 is 69.9 Å². The summed E-state index contributed by atoms with van der Waals surface area (Å²) >= 11 is 0. The second-order valence-corrected chi connectivity index (χ2v) is 57.8. The predicted octanol–water partition coefficient (Wildman–Crippen LogP) is 21.2. The number of hydrogen-bond donors (Lipinski definition) is 4. The molecule has 0 bridgehead atoms. The molecule has 2 aliphatic heterocycles. The van der Waals surface area contributed by atoms with Crippen molar-refractivity contribution in [3.05, 3.63) is 177 Å². The molecule has 664 valence electrons. The van der Waals surface area contributed by atoms with Gasteiger partial charge in [0.25, 0.3) is 22.8 Å². The zero-order valence-corrected chi connectivity index (χ0v) is 81.7. The third kappa shape index (κ3) is 25.3. The van der Waals surface area contributed by atoms with Crippen LogP contribution in [0.2, 0.25) is 72.5 Å². The van der Waals surface area contributed by atoms with Crippen LogP contribution in [-0.2, 0) is 40.6 Å². The van der Waals surface area contributed by atoms with Crippen LogP contribution in [0.25, 0.3) is 31.9 Å². The molecule has 4 N–H and O–H groups in total. The van der Waals surface area contributed by atoms with Crippen molar-refractivity contribution >= 4 is 45.5 Å². The van der Waals surface area contributed by atoms with Crippen molar-refractivity contribution in [3.8, 4) is 56.8 Å². The van der Waals surface area contributed by atoms with Gasteiger partial charge in [-0.25, -0.2) is 27.6 Å². The number of ether oxygens (including phenoxy) is 8. The Morgan fingerprint density at radius 3 is 1.23 bits per heavy atom. The molecular formula is C96H144N6O15Si4. The maximum atomic E-state index is 14.1. The Morgan fingerprint density at radius 2 is 0.876 bits per heavy atom. The average molecular weight is 1730 g/mol. The Hall–Kier alpha value is -7.77. The van der Waals surface area contributed by atoms with Gasteiger partial charge in [-0.15, -0.1) is 0 Å². The summed E-state index contributed by atoms with van der Waals surface area (Å²) in [6.45, 7) is 71.1. The lowest BCUT2D eigenvalue weighted by Gasteiger charge is -2.37. The van der Waals surface area contributed by atoms with E-state index in [0.717, 1.165) is 126 Å². The molecule has 25 heteroatoms. The molecule has 0 aromatic heterocycles. The number of fused-ring (bicyclic) bond motifs is 6. The normalized spacial score (nSPS) is 16.9. The van der Waals surface area contributed by atoms with Crippen molar-refractivity contribution in [1.29, 1.82) is 0 Å². The van der Waals surface area contributed by atoms with Crippen LogP contribution >= 0.6 is 0 Å². The Morgan fingerprint density at radius 1 is 0.512 bits per heavy atom. The maximum absolute atomic E-state index is 14.1. The zero-order chi connectivity index (χ0) is 89.2. The molecule has 0 spiro atoms. The van der Waals surface area contributed by atoms with Gasteiger partial charge in [0.2, 0.25) is 0 Å².